The zero-order chi connectivity index (χ0) is 16.5. The number of rotatable bonds is 2. The smallest absolute Gasteiger partial charge is 0.255 e. The van der Waals surface area contributed by atoms with Crippen molar-refractivity contribution in [3.05, 3.63) is 77.9 Å². The third-order valence-corrected chi connectivity index (χ3v) is 3.91. The molecule has 4 aromatic rings. The first kappa shape index (κ1) is 14.3. The van der Waals surface area contributed by atoms with Gasteiger partial charge in [0.05, 0.1) is 22.1 Å². The van der Waals surface area contributed by atoms with Gasteiger partial charge in [0.1, 0.15) is 0 Å². The lowest BCUT2D eigenvalue weighted by Gasteiger charge is -2.07. The summed E-state index contributed by atoms with van der Waals surface area (Å²) in [6.45, 7) is 2.01. The Morgan fingerprint density at radius 3 is 2.12 bits per heavy atom. The van der Waals surface area contributed by atoms with E-state index in [9.17, 15) is 4.79 Å². The number of amides is 1. The Hall–Kier alpha value is -3.27. The summed E-state index contributed by atoms with van der Waals surface area (Å²) >= 11 is 0. The van der Waals surface area contributed by atoms with Crippen molar-refractivity contribution in [2.75, 3.05) is 5.32 Å². The summed E-state index contributed by atoms with van der Waals surface area (Å²) in [6.07, 6.45) is 0. The van der Waals surface area contributed by atoms with E-state index in [2.05, 4.69) is 15.3 Å². The highest BCUT2D eigenvalue weighted by molar-refractivity contribution is 6.06. The third kappa shape index (κ3) is 2.70. The number of aryl methyl sites for hydroxylation is 1. The molecular formula is C20H15N3O. The quantitative estimate of drug-likeness (QED) is 0.560. The first-order valence-corrected chi connectivity index (χ1v) is 7.74. The molecule has 116 valence electrons. The maximum absolute atomic E-state index is 12.4. The second kappa shape index (κ2) is 5.74. The van der Waals surface area contributed by atoms with Crippen LogP contribution in [0.5, 0.6) is 0 Å². The van der Waals surface area contributed by atoms with E-state index in [4.69, 9.17) is 0 Å². The average Bonchev–Trinajstić information content (AvgIpc) is 2.61. The molecule has 3 aromatic carbocycles. The van der Waals surface area contributed by atoms with Crippen LogP contribution in [0.15, 0.2) is 66.7 Å². The maximum Gasteiger partial charge on any atom is 0.255 e. The van der Waals surface area contributed by atoms with Gasteiger partial charge >= 0.3 is 0 Å². The molecule has 4 rings (SSSR count). The summed E-state index contributed by atoms with van der Waals surface area (Å²) in [6, 6.07) is 20.8. The Kier molecular flexibility index (Phi) is 3.43. The fourth-order valence-electron chi connectivity index (χ4n) is 2.60. The number of para-hydroxylation sites is 2. The second-order valence-corrected chi connectivity index (χ2v) is 5.74. The van der Waals surface area contributed by atoms with Gasteiger partial charge in [-0.3, -0.25) is 4.79 Å². The van der Waals surface area contributed by atoms with E-state index in [1.165, 1.54) is 0 Å². The van der Waals surface area contributed by atoms with Gasteiger partial charge in [-0.15, -0.1) is 0 Å². The van der Waals surface area contributed by atoms with Crippen LogP contribution < -0.4 is 5.32 Å². The van der Waals surface area contributed by atoms with Gasteiger partial charge in [0.25, 0.3) is 5.91 Å². The van der Waals surface area contributed by atoms with Crippen LogP contribution in [0.25, 0.3) is 22.1 Å². The van der Waals surface area contributed by atoms with Gasteiger partial charge in [0.15, 0.2) is 0 Å². The highest BCUT2D eigenvalue weighted by Crippen LogP contribution is 2.18. The molecule has 0 unspecified atom stereocenters. The minimum Gasteiger partial charge on any atom is -0.322 e. The molecule has 0 aliphatic rings. The van der Waals surface area contributed by atoms with Crippen molar-refractivity contribution in [3.63, 3.8) is 0 Å². The van der Waals surface area contributed by atoms with Gasteiger partial charge in [-0.25, -0.2) is 9.97 Å². The van der Waals surface area contributed by atoms with Crippen molar-refractivity contribution in [1.82, 2.24) is 9.97 Å². The number of hydrogen-bond acceptors (Lipinski definition) is 3. The zero-order valence-corrected chi connectivity index (χ0v) is 13.2. The van der Waals surface area contributed by atoms with E-state index >= 15 is 0 Å². The lowest BCUT2D eigenvalue weighted by molar-refractivity contribution is 0.102. The molecule has 4 heteroatoms. The van der Waals surface area contributed by atoms with Gasteiger partial charge in [-0.2, -0.15) is 0 Å². The van der Waals surface area contributed by atoms with Crippen LogP contribution in [0.4, 0.5) is 5.69 Å². The Bertz CT molecular complexity index is 1060. The molecule has 0 spiro atoms. The van der Waals surface area contributed by atoms with Gasteiger partial charge in [0.2, 0.25) is 0 Å². The van der Waals surface area contributed by atoms with Crippen LogP contribution in [0.2, 0.25) is 0 Å². The van der Waals surface area contributed by atoms with Crippen molar-refractivity contribution < 1.29 is 4.79 Å². The minimum absolute atomic E-state index is 0.157. The van der Waals surface area contributed by atoms with Crippen LogP contribution in [0.3, 0.4) is 0 Å². The predicted octanol–water partition coefficient (Wildman–Crippen LogP) is 4.34. The fourth-order valence-corrected chi connectivity index (χ4v) is 2.60. The van der Waals surface area contributed by atoms with E-state index < -0.39 is 0 Å². The van der Waals surface area contributed by atoms with Crippen LogP contribution in [0, 0.1) is 6.92 Å². The summed E-state index contributed by atoms with van der Waals surface area (Å²) in [4.78, 5) is 21.6. The van der Waals surface area contributed by atoms with Crippen molar-refractivity contribution in [2.45, 2.75) is 6.92 Å². The minimum atomic E-state index is -0.157. The first-order chi connectivity index (χ1) is 11.7. The molecule has 0 bridgehead atoms. The molecule has 0 fully saturated rings. The molecule has 1 heterocycles. The van der Waals surface area contributed by atoms with Gasteiger partial charge < -0.3 is 5.32 Å². The Balaban J connectivity index is 1.69. The molecule has 0 radical (unpaired) electrons. The van der Waals surface area contributed by atoms with Crippen molar-refractivity contribution in [3.8, 4) is 0 Å². The van der Waals surface area contributed by atoms with Crippen LogP contribution in [0.1, 0.15) is 15.9 Å². The normalized spacial score (nSPS) is 10.9. The Morgan fingerprint density at radius 1 is 0.792 bits per heavy atom. The molecule has 0 saturated carbocycles. The number of carbonyl (C=O) groups is 1. The molecule has 1 aromatic heterocycles. The summed E-state index contributed by atoms with van der Waals surface area (Å²) in [5.74, 6) is -0.157. The van der Waals surface area contributed by atoms with Crippen LogP contribution in [-0.2, 0) is 0 Å². The number of anilines is 1. The standard InChI is InChI=1S/C20H15N3O/c1-13-6-9-15(10-7-13)21-20(24)14-8-11-18-19(12-14)23-17-5-3-2-4-16(17)22-18/h2-12H,1H3,(H,21,24). The number of nitrogens with one attached hydrogen (secondary N) is 1. The molecule has 0 atom stereocenters. The van der Waals surface area contributed by atoms with Gasteiger partial charge in [-0.05, 0) is 49.4 Å². The van der Waals surface area contributed by atoms with Crippen molar-refractivity contribution >= 4 is 33.7 Å². The van der Waals surface area contributed by atoms with E-state index in [1.807, 2.05) is 61.5 Å². The lowest BCUT2D eigenvalue weighted by Crippen LogP contribution is -2.11. The van der Waals surface area contributed by atoms with Crippen molar-refractivity contribution in [2.24, 2.45) is 0 Å². The highest BCUT2D eigenvalue weighted by atomic mass is 16.1. The maximum atomic E-state index is 12.4. The average molecular weight is 313 g/mol. The number of benzene rings is 3. The van der Waals surface area contributed by atoms with Crippen LogP contribution in [-0.4, -0.2) is 15.9 Å². The summed E-state index contributed by atoms with van der Waals surface area (Å²) in [5.41, 5.74) is 5.65. The van der Waals surface area contributed by atoms with E-state index in [-0.39, 0.29) is 5.91 Å². The fraction of sp³-hybridized carbons (Fsp3) is 0.0500. The van der Waals surface area contributed by atoms with Gasteiger partial charge in [-0.1, -0.05) is 29.8 Å². The molecule has 0 aliphatic carbocycles. The molecule has 1 amide bonds. The third-order valence-electron chi connectivity index (χ3n) is 3.91. The molecule has 0 aliphatic heterocycles. The predicted molar refractivity (Wildman–Crippen MR) is 96.2 cm³/mol. The lowest BCUT2D eigenvalue weighted by atomic mass is 10.1. The first-order valence-electron chi connectivity index (χ1n) is 7.74. The topological polar surface area (TPSA) is 54.9 Å². The summed E-state index contributed by atoms with van der Waals surface area (Å²) in [5, 5.41) is 2.90. The Morgan fingerprint density at radius 2 is 1.42 bits per heavy atom. The molecule has 1 N–H and O–H groups in total. The number of fused-ring (bicyclic) bond motifs is 2. The molecule has 4 nitrogen and oxygen atoms in total. The highest BCUT2D eigenvalue weighted by Gasteiger charge is 2.09. The number of nitrogens with zero attached hydrogens (tertiary/aromatic N) is 2. The van der Waals surface area contributed by atoms with E-state index in [1.54, 1.807) is 12.1 Å². The second-order valence-electron chi connectivity index (χ2n) is 5.74. The van der Waals surface area contributed by atoms with Gasteiger partial charge in [0, 0.05) is 11.3 Å². The Labute approximate surface area is 139 Å². The SMILES string of the molecule is Cc1ccc(NC(=O)c2ccc3nc4ccccc4nc3c2)cc1. The molecular weight excluding hydrogens is 298 g/mol. The summed E-state index contributed by atoms with van der Waals surface area (Å²) < 4.78 is 0. The van der Waals surface area contributed by atoms with Crippen LogP contribution >= 0.6 is 0 Å². The largest absolute Gasteiger partial charge is 0.322 e. The monoisotopic (exact) mass is 313 g/mol. The van der Waals surface area contributed by atoms with E-state index in [0.717, 1.165) is 27.8 Å². The van der Waals surface area contributed by atoms with E-state index in [0.29, 0.717) is 11.1 Å². The van der Waals surface area contributed by atoms with Crippen molar-refractivity contribution in [1.29, 1.82) is 0 Å². The number of carbonyl (C=O) groups excluding carboxylic acids is 1. The summed E-state index contributed by atoms with van der Waals surface area (Å²) in [7, 11) is 0. The molecule has 24 heavy (non-hydrogen) atoms. The molecule has 0 saturated heterocycles. The number of aromatic nitrogens is 2. The zero-order valence-electron chi connectivity index (χ0n) is 13.2. The number of hydrogen-bond donors (Lipinski definition) is 1.